The van der Waals surface area contributed by atoms with Crippen LogP contribution in [0, 0.1) is 0 Å². The summed E-state index contributed by atoms with van der Waals surface area (Å²) in [4.78, 5) is 20.6. The molecule has 7 nitrogen and oxygen atoms in total. The maximum atomic E-state index is 12.5. The van der Waals surface area contributed by atoms with E-state index in [9.17, 15) is 18.0 Å². The molecule has 0 bridgehead atoms. The number of hydrogen-bond donors (Lipinski definition) is 1. The van der Waals surface area contributed by atoms with E-state index in [1.165, 1.54) is 19.2 Å². The highest BCUT2D eigenvalue weighted by Gasteiger charge is 2.29. The molecule has 1 aromatic carbocycles. The van der Waals surface area contributed by atoms with Gasteiger partial charge in [-0.3, -0.25) is 9.88 Å². The van der Waals surface area contributed by atoms with Crippen LogP contribution in [-0.2, 0) is 6.54 Å². The zero-order chi connectivity index (χ0) is 21.6. The molecule has 0 spiro atoms. The summed E-state index contributed by atoms with van der Waals surface area (Å²) in [6.45, 7) is 1.83. The minimum Gasteiger partial charge on any atom is -0.493 e. The first-order valence-electron chi connectivity index (χ1n) is 9.39. The normalized spacial score (nSPS) is 15.0. The first kappa shape index (κ1) is 21.7. The van der Waals surface area contributed by atoms with E-state index in [-0.39, 0.29) is 17.5 Å². The summed E-state index contributed by atoms with van der Waals surface area (Å²) in [5.74, 6) is 0.0650. The Balaban J connectivity index is 1.54. The number of piperazine rings is 1. The molecule has 1 saturated heterocycles. The van der Waals surface area contributed by atoms with Gasteiger partial charge in [0.1, 0.15) is 0 Å². The van der Waals surface area contributed by atoms with Gasteiger partial charge >= 0.3 is 12.2 Å². The number of halogens is 3. The lowest BCUT2D eigenvalue weighted by Gasteiger charge is -2.34. The van der Waals surface area contributed by atoms with Crippen molar-refractivity contribution in [2.45, 2.75) is 12.7 Å². The number of carbonyl (C=O) groups is 1. The van der Waals surface area contributed by atoms with Crippen LogP contribution in [0.1, 0.15) is 5.56 Å². The topological polar surface area (TPSA) is 66.9 Å². The largest absolute Gasteiger partial charge is 0.493 e. The van der Waals surface area contributed by atoms with Crippen molar-refractivity contribution in [2.24, 2.45) is 0 Å². The van der Waals surface area contributed by atoms with Crippen LogP contribution < -0.4 is 14.8 Å². The van der Waals surface area contributed by atoms with Crippen molar-refractivity contribution in [3.05, 3.63) is 48.3 Å². The standard InChI is InChI=1S/C20H23F3N4O3/c1-29-17-5-4-16(11-18(17)30-14-20(21,22)23)25-19(28)27-9-7-26(8-10-27)13-15-3-2-6-24-12-15/h2-6,11-12H,7-10,13-14H2,1H3,(H,25,28). The lowest BCUT2D eigenvalue weighted by atomic mass is 10.2. The molecule has 2 heterocycles. The van der Waals surface area contributed by atoms with Gasteiger partial charge in [0.2, 0.25) is 0 Å². The molecular weight excluding hydrogens is 401 g/mol. The Morgan fingerprint density at radius 1 is 1.17 bits per heavy atom. The van der Waals surface area contributed by atoms with Crippen LogP contribution in [0.2, 0.25) is 0 Å². The second kappa shape index (κ2) is 9.66. The number of anilines is 1. The van der Waals surface area contributed by atoms with Crippen molar-refractivity contribution in [3.63, 3.8) is 0 Å². The number of aromatic nitrogens is 1. The van der Waals surface area contributed by atoms with E-state index >= 15 is 0 Å². The number of nitrogens with one attached hydrogen (secondary N) is 1. The zero-order valence-electron chi connectivity index (χ0n) is 16.5. The van der Waals surface area contributed by atoms with Crippen molar-refractivity contribution in [1.82, 2.24) is 14.8 Å². The number of amides is 2. The fourth-order valence-electron chi connectivity index (χ4n) is 3.09. The molecule has 1 aromatic heterocycles. The summed E-state index contributed by atoms with van der Waals surface area (Å²) in [6, 6.07) is 7.90. The number of methoxy groups -OCH3 is 1. The summed E-state index contributed by atoms with van der Waals surface area (Å²) in [5, 5.41) is 2.71. The molecule has 0 saturated carbocycles. The minimum atomic E-state index is -4.47. The Bertz CT molecular complexity index is 841. The van der Waals surface area contributed by atoms with E-state index in [0.29, 0.717) is 31.9 Å². The quantitative estimate of drug-likeness (QED) is 0.770. The number of alkyl halides is 3. The van der Waals surface area contributed by atoms with Gasteiger partial charge in [-0.05, 0) is 23.8 Å². The van der Waals surface area contributed by atoms with E-state index in [2.05, 4.69) is 15.2 Å². The number of benzene rings is 1. The van der Waals surface area contributed by atoms with Crippen LogP contribution >= 0.6 is 0 Å². The SMILES string of the molecule is COc1ccc(NC(=O)N2CCN(Cc3cccnc3)CC2)cc1OCC(F)(F)F. The Morgan fingerprint density at radius 2 is 1.93 bits per heavy atom. The van der Waals surface area contributed by atoms with Gasteiger partial charge < -0.3 is 19.7 Å². The van der Waals surface area contributed by atoms with Crippen LogP contribution in [-0.4, -0.2) is 66.9 Å². The van der Waals surface area contributed by atoms with Crippen LogP contribution in [0.5, 0.6) is 11.5 Å². The molecule has 2 aromatic rings. The summed E-state index contributed by atoms with van der Waals surface area (Å²) < 4.78 is 47.2. The maximum Gasteiger partial charge on any atom is 0.422 e. The summed E-state index contributed by atoms with van der Waals surface area (Å²) in [5.41, 5.74) is 1.44. The van der Waals surface area contributed by atoms with Crippen LogP contribution in [0.15, 0.2) is 42.7 Å². The summed E-state index contributed by atoms with van der Waals surface area (Å²) >= 11 is 0. The molecule has 3 rings (SSSR count). The molecule has 1 fully saturated rings. The minimum absolute atomic E-state index is 0.0890. The van der Waals surface area contributed by atoms with Gasteiger partial charge in [-0.25, -0.2) is 4.79 Å². The second-order valence-corrected chi connectivity index (χ2v) is 6.82. The number of ether oxygens (including phenoxy) is 2. The van der Waals surface area contributed by atoms with Crippen molar-refractivity contribution in [1.29, 1.82) is 0 Å². The van der Waals surface area contributed by atoms with Gasteiger partial charge in [-0.15, -0.1) is 0 Å². The van der Waals surface area contributed by atoms with Crippen molar-refractivity contribution >= 4 is 11.7 Å². The monoisotopic (exact) mass is 424 g/mol. The molecule has 10 heteroatoms. The van der Waals surface area contributed by atoms with Crippen molar-refractivity contribution in [3.8, 4) is 11.5 Å². The Hall–Kier alpha value is -3.01. The van der Waals surface area contributed by atoms with Crippen molar-refractivity contribution < 1.29 is 27.4 Å². The number of hydrogen-bond acceptors (Lipinski definition) is 5. The lowest BCUT2D eigenvalue weighted by molar-refractivity contribution is -0.153. The number of urea groups is 1. The van der Waals surface area contributed by atoms with Gasteiger partial charge in [0.25, 0.3) is 0 Å². The fraction of sp³-hybridized carbons (Fsp3) is 0.400. The Morgan fingerprint density at radius 3 is 2.57 bits per heavy atom. The average molecular weight is 424 g/mol. The molecular formula is C20H23F3N4O3. The van der Waals surface area contributed by atoms with E-state index in [1.54, 1.807) is 17.2 Å². The smallest absolute Gasteiger partial charge is 0.422 e. The molecule has 1 aliphatic heterocycles. The van der Waals surface area contributed by atoms with Gasteiger partial charge in [0.05, 0.1) is 7.11 Å². The predicted molar refractivity (Wildman–Crippen MR) is 105 cm³/mol. The Kier molecular flexibility index (Phi) is 6.99. The van der Waals surface area contributed by atoms with Crippen LogP contribution in [0.3, 0.4) is 0 Å². The average Bonchev–Trinajstić information content (AvgIpc) is 2.73. The molecule has 1 N–H and O–H groups in total. The van der Waals surface area contributed by atoms with Gasteiger partial charge in [-0.1, -0.05) is 6.07 Å². The fourth-order valence-corrected chi connectivity index (χ4v) is 3.09. The summed E-state index contributed by atoms with van der Waals surface area (Å²) in [6.07, 6.45) is -0.925. The molecule has 30 heavy (non-hydrogen) atoms. The third-order valence-electron chi connectivity index (χ3n) is 4.59. The highest BCUT2D eigenvalue weighted by atomic mass is 19.4. The third-order valence-corrected chi connectivity index (χ3v) is 4.59. The number of rotatable bonds is 6. The molecule has 0 atom stereocenters. The molecule has 0 unspecified atom stereocenters. The van der Waals surface area contributed by atoms with E-state index < -0.39 is 12.8 Å². The highest BCUT2D eigenvalue weighted by Crippen LogP contribution is 2.31. The molecule has 0 radical (unpaired) electrons. The van der Waals surface area contributed by atoms with Gasteiger partial charge in [0.15, 0.2) is 18.1 Å². The Labute approximate surface area is 172 Å². The van der Waals surface area contributed by atoms with Gasteiger partial charge in [0, 0.05) is 56.9 Å². The second-order valence-electron chi connectivity index (χ2n) is 6.82. The number of carbonyl (C=O) groups excluding carboxylic acids is 1. The van der Waals surface area contributed by atoms with Crippen LogP contribution in [0.4, 0.5) is 23.7 Å². The molecule has 0 aliphatic carbocycles. The molecule has 1 aliphatic rings. The molecule has 2 amide bonds. The van der Waals surface area contributed by atoms with Crippen molar-refractivity contribution in [2.75, 3.05) is 45.2 Å². The molecule has 162 valence electrons. The van der Waals surface area contributed by atoms with E-state index in [0.717, 1.165) is 12.1 Å². The predicted octanol–water partition coefficient (Wildman–Crippen LogP) is 3.38. The first-order valence-corrected chi connectivity index (χ1v) is 9.39. The van der Waals surface area contributed by atoms with E-state index in [4.69, 9.17) is 9.47 Å². The first-order chi connectivity index (χ1) is 14.3. The van der Waals surface area contributed by atoms with Crippen LogP contribution in [0.25, 0.3) is 0 Å². The highest BCUT2D eigenvalue weighted by molar-refractivity contribution is 5.89. The maximum absolute atomic E-state index is 12.5. The van der Waals surface area contributed by atoms with E-state index in [1.807, 2.05) is 18.3 Å². The summed E-state index contributed by atoms with van der Waals surface area (Å²) in [7, 11) is 1.33. The number of nitrogens with zero attached hydrogens (tertiary/aromatic N) is 3. The lowest BCUT2D eigenvalue weighted by Crippen LogP contribution is -2.49. The zero-order valence-corrected chi connectivity index (χ0v) is 16.5. The third kappa shape index (κ3) is 6.24. The van der Waals surface area contributed by atoms with Gasteiger partial charge in [-0.2, -0.15) is 13.2 Å². The number of pyridine rings is 1.